The maximum absolute atomic E-state index is 13.7. The Labute approximate surface area is 90.9 Å². The van der Waals surface area contributed by atoms with Crippen molar-refractivity contribution in [2.24, 2.45) is 5.73 Å². The molecule has 0 saturated carbocycles. The minimum Gasteiger partial charge on any atom is -0.367 e. The van der Waals surface area contributed by atoms with Crippen LogP contribution in [0.15, 0.2) is 18.2 Å². The van der Waals surface area contributed by atoms with Crippen LogP contribution >= 0.6 is 0 Å². The summed E-state index contributed by atoms with van der Waals surface area (Å²) >= 11 is 0. The first kappa shape index (κ1) is 12.0. The normalized spacial score (nSPS) is 10.8. The fourth-order valence-electron chi connectivity index (χ4n) is 1.72. The first-order valence-electron chi connectivity index (χ1n) is 5.35. The number of anilines is 1. The second-order valence-corrected chi connectivity index (χ2v) is 3.87. The van der Waals surface area contributed by atoms with Crippen LogP contribution in [0.4, 0.5) is 10.1 Å². The average Bonchev–Trinajstić information content (AvgIpc) is 2.20. The molecule has 0 saturated heterocycles. The lowest BCUT2D eigenvalue weighted by Crippen LogP contribution is -2.31. The van der Waals surface area contributed by atoms with Gasteiger partial charge in [-0.15, -0.1) is 0 Å². The summed E-state index contributed by atoms with van der Waals surface area (Å²) in [6.45, 7) is 7.32. The van der Waals surface area contributed by atoms with Gasteiger partial charge in [0.2, 0.25) is 0 Å². The van der Waals surface area contributed by atoms with Crippen LogP contribution in [0.1, 0.15) is 26.3 Å². The zero-order valence-corrected chi connectivity index (χ0v) is 9.63. The summed E-state index contributed by atoms with van der Waals surface area (Å²) in [7, 11) is 0. The molecule has 0 heterocycles. The van der Waals surface area contributed by atoms with Gasteiger partial charge in [-0.2, -0.15) is 0 Å². The lowest BCUT2D eigenvalue weighted by atomic mass is 10.1. The van der Waals surface area contributed by atoms with Gasteiger partial charge in [-0.05, 0) is 38.5 Å². The predicted octanol–water partition coefficient (Wildman–Crippen LogP) is 2.52. The van der Waals surface area contributed by atoms with Gasteiger partial charge in [0.25, 0.3) is 0 Å². The van der Waals surface area contributed by atoms with Crippen molar-refractivity contribution >= 4 is 5.69 Å². The van der Waals surface area contributed by atoms with Crippen molar-refractivity contribution in [2.75, 3.05) is 11.4 Å². The second-order valence-electron chi connectivity index (χ2n) is 3.87. The first-order chi connectivity index (χ1) is 7.10. The smallest absolute Gasteiger partial charge is 0.146 e. The highest BCUT2D eigenvalue weighted by Crippen LogP contribution is 2.22. The molecule has 0 aliphatic carbocycles. The summed E-state index contributed by atoms with van der Waals surface area (Å²) in [6.07, 6.45) is 0. The van der Waals surface area contributed by atoms with Crippen molar-refractivity contribution in [3.8, 4) is 0 Å². The summed E-state index contributed by atoms with van der Waals surface area (Å²) < 4.78 is 13.7. The van der Waals surface area contributed by atoms with E-state index in [4.69, 9.17) is 5.73 Å². The number of hydrogen-bond acceptors (Lipinski definition) is 2. The molecule has 0 spiro atoms. The fourth-order valence-corrected chi connectivity index (χ4v) is 1.72. The van der Waals surface area contributed by atoms with Crippen molar-refractivity contribution in [1.29, 1.82) is 0 Å². The van der Waals surface area contributed by atoms with E-state index in [0.29, 0.717) is 18.3 Å². The van der Waals surface area contributed by atoms with E-state index in [1.165, 1.54) is 6.07 Å². The Bertz CT molecular complexity index is 323. The highest BCUT2D eigenvalue weighted by Gasteiger charge is 2.12. The molecule has 0 aromatic heterocycles. The number of benzene rings is 1. The molecule has 3 heteroatoms. The molecule has 0 aliphatic rings. The van der Waals surface area contributed by atoms with Gasteiger partial charge >= 0.3 is 0 Å². The number of halogens is 1. The van der Waals surface area contributed by atoms with Gasteiger partial charge < -0.3 is 10.6 Å². The maximum Gasteiger partial charge on any atom is 0.146 e. The molecule has 1 aromatic carbocycles. The topological polar surface area (TPSA) is 29.3 Å². The maximum atomic E-state index is 13.7. The Morgan fingerprint density at radius 1 is 1.40 bits per heavy atom. The summed E-state index contributed by atoms with van der Waals surface area (Å²) in [4.78, 5) is 2.02. The number of nitrogens with zero attached hydrogens (tertiary/aromatic N) is 1. The second kappa shape index (κ2) is 5.12. The molecule has 0 amide bonds. The molecule has 0 aliphatic heterocycles. The third-order valence-electron chi connectivity index (χ3n) is 2.52. The molecule has 0 fully saturated rings. The van der Waals surface area contributed by atoms with Gasteiger partial charge in [-0.25, -0.2) is 4.39 Å². The molecular formula is C12H19FN2. The number of nitrogens with two attached hydrogens (primary N) is 1. The van der Waals surface area contributed by atoms with Crippen molar-refractivity contribution < 1.29 is 4.39 Å². The quantitative estimate of drug-likeness (QED) is 0.827. The number of hydrogen-bond donors (Lipinski definition) is 1. The van der Waals surface area contributed by atoms with Crippen molar-refractivity contribution in [3.63, 3.8) is 0 Å². The Kier molecular flexibility index (Phi) is 4.09. The minimum absolute atomic E-state index is 0.187. The summed E-state index contributed by atoms with van der Waals surface area (Å²) in [6, 6.07) is 5.50. The predicted molar refractivity (Wildman–Crippen MR) is 62.4 cm³/mol. The Hall–Kier alpha value is -1.09. The van der Waals surface area contributed by atoms with Gasteiger partial charge in [0.15, 0.2) is 0 Å². The molecule has 0 radical (unpaired) electrons. The third kappa shape index (κ3) is 2.69. The van der Waals surface area contributed by atoms with E-state index < -0.39 is 0 Å². The molecular weight excluding hydrogens is 191 g/mol. The van der Waals surface area contributed by atoms with E-state index >= 15 is 0 Å². The van der Waals surface area contributed by atoms with E-state index in [1.54, 1.807) is 6.07 Å². The van der Waals surface area contributed by atoms with E-state index in [2.05, 4.69) is 13.8 Å². The van der Waals surface area contributed by atoms with E-state index in [1.807, 2.05) is 17.9 Å². The summed E-state index contributed by atoms with van der Waals surface area (Å²) in [5.74, 6) is -0.187. The average molecular weight is 210 g/mol. The van der Waals surface area contributed by atoms with Crippen LogP contribution in [0.25, 0.3) is 0 Å². The highest BCUT2D eigenvalue weighted by atomic mass is 19.1. The molecule has 1 aromatic rings. The largest absolute Gasteiger partial charge is 0.367 e. The van der Waals surface area contributed by atoms with Crippen LogP contribution in [0.3, 0.4) is 0 Å². The van der Waals surface area contributed by atoms with Crippen LogP contribution < -0.4 is 10.6 Å². The van der Waals surface area contributed by atoms with Crippen LogP contribution in [-0.4, -0.2) is 12.6 Å². The monoisotopic (exact) mass is 210 g/mol. The fraction of sp³-hybridized carbons (Fsp3) is 0.500. The van der Waals surface area contributed by atoms with Crippen LogP contribution in [0, 0.1) is 5.82 Å². The lowest BCUT2D eigenvalue weighted by Gasteiger charge is -2.28. The molecule has 2 N–H and O–H groups in total. The molecule has 0 bridgehead atoms. The van der Waals surface area contributed by atoms with E-state index in [0.717, 1.165) is 12.1 Å². The van der Waals surface area contributed by atoms with Gasteiger partial charge in [-0.1, -0.05) is 6.07 Å². The molecule has 0 unspecified atom stereocenters. The Balaban J connectivity index is 3.03. The zero-order chi connectivity index (χ0) is 11.4. The summed E-state index contributed by atoms with van der Waals surface area (Å²) in [5, 5.41) is 0. The first-order valence-corrected chi connectivity index (χ1v) is 5.35. The minimum atomic E-state index is -0.187. The van der Waals surface area contributed by atoms with Crippen LogP contribution in [-0.2, 0) is 6.54 Å². The van der Waals surface area contributed by atoms with E-state index in [-0.39, 0.29) is 5.82 Å². The molecule has 15 heavy (non-hydrogen) atoms. The van der Waals surface area contributed by atoms with Gasteiger partial charge in [-0.3, -0.25) is 0 Å². The van der Waals surface area contributed by atoms with Crippen molar-refractivity contribution in [3.05, 3.63) is 29.6 Å². The lowest BCUT2D eigenvalue weighted by molar-refractivity contribution is 0.602. The molecule has 0 atom stereocenters. The van der Waals surface area contributed by atoms with Gasteiger partial charge in [0, 0.05) is 19.1 Å². The SMILES string of the molecule is CCN(c1ccc(CN)cc1F)C(C)C. The van der Waals surface area contributed by atoms with Crippen LogP contribution in [0.2, 0.25) is 0 Å². The standard InChI is InChI=1S/C12H19FN2/c1-4-15(9(2)3)12-6-5-10(8-14)7-11(12)13/h5-7,9H,4,8,14H2,1-3H3. The molecule has 84 valence electrons. The Morgan fingerprint density at radius 2 is 2.07 bits per heavy atom. The van der Waals surface area contributed by atoms with Gasteiger partial charge in [0.05, 0.1) is 5.69 Å². The highest BCUT2D eigenvalue weighted by molar-refractivity contribution is 5.49. The number of rotatable bonds is 4. The molecule has 1 rings (SSSR count). The van der Waals surface area contributed by atoms with Crippen LogP contribution in [0.5, 0.6) is 0 Å². The van der Waals surface area contributed by atoms with E-state index in [9.17, 15) is 4.39 Å². The zero-order valence-electron chi connectivity index (χ0n) is 9.63. The van der Waals surface area contributed by atoms with Gasteiger partial charge in [0.1, 0.15) is 5.82 Å². The summed E-state index contributed by atoms with van der Waals surface area (Å²) in [5.41, 5.74) is 6.94. The van der Waals surface area contributed by atoms with Crippen molar-refractivity contribution in [2.45, 2.75) is 33.4 Å². The third-order valence-corrected chi connectivity index (χ3v) is 2.52. The Morgan fingerprint density at radius 3 is 2.47 bits per heavy atom. The van der Waals surface area contributed by atoms with Crippen molar-refractivity contribution in [1.82, 2.24) is 0 Å². The molecule has 2 nitrogen and oxygen atoms in total.